The molecule has 0 spiro atoms. The molecule has 0 bridgehead atoms. The minimum atomic E-state index is 0.0522. The molecule has 0 atom stereocenters. The number of hydrogen-bond donors (Lipinski definition) is 1. The summed E-state index contributed by atoms with van der Waals surface area (Å²) in [5, 5.41) is 11.5. The first-order valence-corrected chi connectivity index (χ1v) is 5.45. The molecule has 2 rings (SSSR count). The minimum absolute atomic E-state index is 0.0522. The van der Waals surface area contributed by atoms with Crippen molar-refractivity contribution in [2.24, 2.45) is 0 Å². The van der Waals surface area contributed by atoms with Gasteiger partial charge in [-0.25, -0.2) is 4.98 Å². The third kappa shape index (κ3) is 2.55. The second kappa shape index (κ2) is 4.42. The summed E-state index contributed by atoms with van der Waals surface area (Å²) in [5.74, 6) is 0.738. The van der Waals surface area contributed by atoms with Crippen LogP contribution in [0, 0.1) is 6.92 Å². The summed E-state index contributed by atoms with van der Waals surface area (Å²) in [5.41, 5.74) is 1.83. The fourth-order valence-corrected chi connectivity index (χ4v) is 1.81. The Labute approximate surface area is 92.0 Å². The van der Waals surface area contributed by atoms with Gasteiger partial charge in [0.2, 0.25) is 0 Å². The maximum absolute atomic E-state index is 8.87. The van der Waals surface area contributed by atoms with Crippen molar-refractivity contribution in [3.63, 3.8) is 0 Å². The monoisotopic (exact) mass is 221 g/mol. The van der Waals surface area contributed by atoms with Crippen LogP contribution < -0.4 is 4.74 Å². The number of benzene rings is 1. The molecule has 0 saturated carbocycles. The molecule has 78 valence electrons. The standard InChI is InChI=1S/C11H11NO2S/c1-8-7-15-11(12-8)14-10-4-2-9(6-13)3-5-10/h2-5,7,13H,6H2,1H3. The number of aryl methyl sites for hydroxylation is 1. The molecule has 4 heteroatoms. The highest BCUT2D eigenvalue weighted by Crippen LogP contribution is 2.24. The number of nitrogens with zero attached hydrogens (tertiary/aromatic N) is 1. The smallest absolute Gasteiger partial charge is 0.278 e. The van der Waals surface area contributed by atoms with E-state index < -0.39 is 0 Å². The molecule has 0 aliphatic carbocycles. The molecule has 15 heavy (non-hydrogen) atoms. The van der Waals surface area contributed by atoms with Gasteiger partial charge >= 0.3 is 0 Å². The second-order valence-corrected chi connectivity index (χ2v) is 3.98. The van der Waals surface area contributed by atoms with Gasteiger partial charge in [-0.1, -0.05) is 23.5 Å². The molecule has 3 nitrogen and oxygen atoms in total. The van der Waals surface area contributed by atoms with Crippen molar-refractivity contribution in [1.82, 2.24) is 4.98 Å². The van der Waals surface area contributed by atoms with E-state index >= 15 is 0 Å². The Hall–Kier alpha value is -1.39. The van der Waals surface area contributed by atoms with Crippen LogP contribution in [0.1, 0.15) is 11.3 Å². The zero-order valence-electron chi connectivity index (χ0n) is 8.30. The van der Waals surface area contributed by atoms with Gasteiger partial charge in [0, 0.05) is 5.38 Å². The fourth-order valence-electron chi connectivity index (χ4n) is 1.14. The Kier molecular flexibility index (Phi) is 2.99. The normalized spacial score (nSPS) is 10.3. The molecule has 1 aromatic carbocycles. The lowest BCUT2D eigenvalue weighted by Gasteiger charge is -2.01. The summed E-state index contributed by atoms with van der Waals surface area (Å²) in [7, 11) is 0. The molecule has 0 amide bonds. The van der Waals surface area contributed by atoms with Crippen LogP contribution in [0.15, 0.2) is 29.6 Å². The van der Waals surface area contributed by atoms with Gasteiger partial charge in [0.25, 0.3) is 5.19 Å². The molecule has 0 radical (unpaired) electrons. The van der Waals surface area contributed by atoms with Gasteiger partial charge < -0.3 is 9.84 Å². The van der Waals surface area contributed by atoms with Crippen molar-refractivity contribution < 1.29 is 9.84 Å². The fraction of sp³-hybridized carbons (Fsp3) is 0.182. The molecule has 0 aliphatic rings. The van der Waals surface area contributed by atoms with E-state index in [-0.39, 0.29) is 6.61 Å². The van der Waals surface area contributed by atoms with Crippen LogP contribution in [-0.4, -0.2) is 10.1 Å². The topological polar surface area (TPSA) is 42.4 Å². The molecular weight excluding hydrogens is 210 g/mol. The summed E-state index contributed by atoms with van der Waals surface area (Å²) >= 11 is 1.47. The molecule has 1 N–H and O–H groups in total. The molecule has 1 aromatic heterocycles. The van der Waals surface area contributed by atoms with Crippen LogP contribution in [0.25, 0.3) is 0 Å². The summed E-state index contributed by atoms with van der Waals surface area (Å²) < 4.78 is 5.52. The van der Waals surface area contributed by atoms with Gasteiger partial charge in [-0.2, -0.15) is 0 Å². The average Bonchev–Trinajstić information content (AvgIpc) is 2.65. The van der Waals surface area contributed by atoms with Crippen LogP contribution in [0.5, 0.6) is 10.9 Å². The van der Waals surface area contributed by atoms with Crippen LogP contribution in [0.3, 0.4) is 0 Å². The van der Waals surface area contributed by atoms with E-state index in [1.54, 1.807) is 0 Å². The highest BCUT2D eigenvalue weighted by molar-refractivity contribution is 7.11. The first-order chi connectivity index (χ1) is 7.28. The number of hydrogen-bond acceptors (Lipinski definition) is 4. The largest absolute Gasteiger partial charge is 0.431 e. The number of aliphatic hydroxyl groups is 1. The summed E-state index contributed by atoms with van der Waals surface area (Å²) in [6.45, 7) is 1.98. The van der Waals surface area contributed by atoms with Gasteiger partial charge in [-0.3, -0.25) is 0 Å². The molecule has 0 fully saturated rings. The third-order valence-electron chi connectivity index (χ3n) is 1.91. The van der Waals surface area contributed by atoms with Crippen molar-refractivity contribution in [2.75, 3.05) is 0 Å². The predicted octanol–water partition coefficient (Wildman–Crippen LogP) is 2.74. The van der Waals surface area contributed by atoms with Crippen LogP contribution in [0.2, 0.25) is 0 Å². The number of aliphatic hydroxyl groups excluding tert-OH is 1. The highest BCUT2D eigenvalue weighted by Gasteiger charge is 2.01. The van der Waals surface area contributed by atoms with E-state index in [0.29, 0.717) is 5.19 Å². The van der Waals surface area contributed by atoms with E-state index in [4.69, 9.17) is 9.84 Å². The lowest BCUT2D eigenvalue weighted by Crippen LogP contribution is -1.85. The van der Waals surface area contributed by atoms with Crippen molar-refractivity contribution >= 4 is 11.3 Å². The zero-order valence-corrected chi connectivity index (χ0v) is 9.12. The second-order valence-electron chi connectivity index (χ2n) is 3.16. The van der Waals surface area contributed by atoms with Crippen molar-refractivity contribution in [1.29, 1.82) is 0 Å². The van der Waals surface area contributed by atoms with E-state index in [0.717, 1.165) is 17.0 Å². The van der Waals surface area contributed by atoms with Crippen molar-refractivity contribution in [3.05, 3.63) is 40.9 Å². The van der Waals surface area contributed by atoms with Crippen molar-refractivity contribution in [3.8, 4) is 10.9 Å². The van der Waals surface area contributed by atoms with Crippen LogP contribution in [0.4, 0.5) is 0 Å². The molecule has 0 aliphatic heterocycles. The lowest BCUT2D eigenvalue weighted by atomic mass is 10.2. The third-order valence-corrected chi connectivity index (χ3v) is 2.74. The van der Waals surface area contributed by atoms with E-state index in [1.165, 1.54) is 11.3 Å². The number of ether oxygens (including phenoxy) is 1. The lowest BCUT2D eigenvalue weighted by molar-refractivity contribution is 0.281. The van der Waals surface area contributed by atoms with Crippen molar-refractivity contribution in [2.45, 2.75) is 13.5 Å². The number of aromatic nitrogens is 1. The first kappa shape index (κ1) is 10.1. The summed E-state index contributed by atoms with van der Waals surface area (Å²) in [6, 6.07) is 7.30. The molecule has 2 aromatic rings. The van der Waals surface area contributed by atoms with Gasteiger partial charge in [-0.05, 0) is 24.6 Å². The number of thiazole rings is 1. The predicted molar refractivity (Wildman–Crippen MR) is 59.3 cm³/mol. The zero-order chi connectivity index (χ0) is 10.7. The molecule has 0 saturated heterocycles. The average molecular weight is 221 g/mol. The Bertz CT molecular complexity index is 436. The minimum Gasteiger partial charge on any atom is -0.431 e. The summed E-state index contributed by atoms with van der Waals surface area (Å²) in [4.78, 5) is 4.20. The first-order valence-electron chi connectivity index (χ1n) is 4.58. The van der Waals surface area contributed by atoms with Gasteiger partial charge in [0.15, 0.2) is 0 Å². The van der Waals surface area contributed by atoms with E-state index in [9.17, 15) is 0 Å². The molecule has 0 unspecified atom stereocenters. The highest BCUT2D eigenvalue weighted by atomic mass is 32.1. The Morgan fingerprint density at radius 2 is 2.07 bits per heavy atom. The van der Waals surface area contributed by atoms with Gasteiger partial charge in [0.1, 0.15) is 5.75 Å². The Morgan fingerprint density at radius 3 is 2.60 bits per heavy atom. The van der Waals surface area contributed by atoms with Crippen LogP contribution >= 0.6 is 11.3 Å². The van der Waals surface area contributed by atoms with E-state index in [1.807, 2.05) is 36.6 Å². The van der Waals surface area contributed by atoms with Gasteiger partial charge in [0.05, 0.1) is 12.3 Å². The maximum atomic E-state index is 8.87. The Balaban J connectivity index is 2.11. The van der Waals surface area contributed by atoms with Crippen LogP contribution in [-0.2, 0) is 6.61 Å². The maximum Gasteiger partial charge on any atom is 0.278 e. The van der Waals surface area contributed by atoms with Gasteiger partial charge in [-0.15, -0.1) is 0 Å². The SMILES string of the molecule is Cc1csc(Oc2ccc(CO)cc2)n1. The van der Waals surface area contributed by atoms with E-state index in [2.05, 4.69) is 4.98 Å². The quantitative estimate of drug-likeness (QED) is 0.866. The summed E-state index contributed by atoms with van der Waals surface area (Å²) in [6.07, 6.45) is 0. The Morgan fingerprint density at radius 1 is 1.33 bits per heavy atom. The molecular formula is C11H11NO2S. The number of rotatable bonds is 3. The molecule has 1 heterocycles.